The molecule has 0 bridgehead atoms. The molecule has 0 amide bonds. The number of hydrogen-bond donors (Lipinski definition) is 0. The van der Waals surface area contributed by atoms with E-state index in [1.165, 1.54) is 4.57 Å². The summed E-state index contributed by atoms with van der Waals surface area (Å²) in [5.41, 5.74) is 3.60. The fourth-order valence-electron chi connectivity index (χ4n) is 2.74. The Bertz CT molecular complexity index is 817. The van der Waals surface area contributed by atoms with Crippen molar-refractivity contribution in [2.75, 3.05) is 6.61 Å². The van der Waals surface area contributed by atoms with Crippen LogP contribution in [-0.2, 0) is 17.9 Å². The third-order valence-electron chi connectivity index (χ3n) is 3.68. The number of benzene rings is 1. The van der Waals surface area contributed by atoms with Crippen molar-refractivity contribution < 1.29 is 4.74 Å². The molecule has 1 radical (unpaired) electrons. The topological polar surface area (TPSA) is 53.2 Å². The summed E-state index contributed by atoms with van der Waals surface area (Å²) in [6.45, 7) is 8.40. The predicted molar refractivity (Wildman–Crippen MR) is 92.0 cm³/mol. The van der Waals surface area contributed by atoms with Crippen LogP contribution in [0.2, 0.25) is 0 Å². The fraction of sp³-hybridized carbons (Fsp3) is 0.412. The molecule has 2 aromatic rings. The van der Waals surface area contributed by atoms with Crippen LogP contribution in [0.5, 0.6) is 0 Å². The summed E-state index contributed by atoms with van der Waals surface area (Å²) in [6.07, 6.45) is 0.537. The second-order valence-electron chi connectivity index (χ2n) is 5.49. The molecule has 1 aromatic heterocycles. The minimum absolute atomic E-state index is 0.118. The van der Waals surface area contributed by atoms with Gasteiger partial charge in [-0.05, 0) is 0 Å². The van der Waals surface area contributed by atoms with E-state index in [9.17, 15) is 9.59 Å². The Labute approximate surface area is 143 Å². The van der Waals surface area contributed by atoms with E-state index in [0.717, 1.165) is 20.3 Å². The van der Waals surface area contributed by atoms with Crippen LogP contribution < -0.4 is 11.2 Å². The van der Waals surface area contributed by atoms with Crippen LogP contribution in [0, 0.1) is 13.8 Å². The summed E-state index contributed by atoms with van der Waals surface area (Å²) in [5.74, 6) is 0. The second-order valence-corrected chi connectivity index (χ2v) is 6.26. The van der Waals surface area contributed by atoms with Crippen LogP contribution in [0.15, 0.2) is 27.8 Å². The first kappa shape index (κ1) is 17.7. The van der Waals surface area contributed by atoms with Gasteiger partial charge in [0.15, 0.2) is 0 Å². The molecule has 123 valence electrons. The Morgan fingerprint density at radius 3 is 2.22 bits per heavy atom. The number of aryl methyl sites for hydroxylation is 2. The molecule has 0 atom stereocenters. The number of hydrogen-bond acceptors (Lipinski definition) is 3. The number of aromatic nitrogens is 2. The predicted octanol–water partition coefficient (Wildman–Crippen LogP) is 1.78. The van der Waals surface area contributed by atoms with Gasteiger partial charge >= 0.3 is 144 Å². The summed E-state index contributed by atoms with van der Waals surface area (Å²) >= 11 is 2.55. The van der Waals surface area contributed by atoms with E-state index in [-0.39, 0.29) is 12.3 Å². The van der Waals surface area contributed by atoms with Gasteiger partial charge in [0.1, 0.15) is 0 Å². The van der Waals surface area contributed by atoms with Crippen molar-refractivity contribution in [3.63, 3.8) is 0 Å². The first-order valence-electron chi connectivity index (χ1n) is 7.63. The molecule has 0 N–H and O–H groups in total. The number of ether oxygens (including phenoxy) is 1. The van der Waals surface area contributed by atoms with Crippen molar-refractivity contribution in [3.05, 3.63) is 55.7 Å². The Balaban J connectivity index is 2.88. The summed E-state index contributed by atoms with van der Waals surface area (Å²) in [4.78, 5) is 25.0. The van der Waals surface area contributed by atoms with Gasteiger partial charge in [-0.15, -0.1) is 0 Å². The maximum absolute atomic E-state index is 12.5. The van der Waals surface area contributed by atoms with Crippen LogP contribution in [-0.4, -0.2) is 31.0 Å². The molecule has 1 aromatic carbocycles. The summed E-state index contributed by atoms with van der Waals surface area (Å²) in [6, 6.07) is 6.05. The number of nitrogens with zero attached hydrogens (tertiary/aromatic N) is 2. The van der Waals surface area contributed by atoms with E-state index in [2.05, 4.69) is 22.3 Å². The molecular weight excluding hydrogens is 359 g/mol. The zero-order valence-corrected chi connectivity index (χ0v) is 15.6. The monoisotopic (exact) mass is 381 g/mol. The molecule has 0 unspecified atom stereocenters. The van der Waals surface area contributed by atoms with Crippen molar-refractivity contribution in [1.82, 2.24) is 8.15 Å². The van der Waals surface area contributed by atoms with Gasteiger partial charge in [-0.1, -0.05) is 0 Å². The zero-order valence-electron chi connectivity index (χ0n) is 13.9. The molecule has 0 spiro atoms. The molecule has 1 heterocycles. The van der Waals surface area contributed by atoms with Crippen LogP contribution >= 0.6 is 0 Å². The van der Waals surface area contributed by atoms with Crippen molar-refractivity contribution in [2.24, 2.45) is 0 Å². The van der Waals surface area contributed by atoms with Gasteiger partial charge in [0.05, 0.1) is 0 Å². The average molecular weight is 380 g/mol. The van der Waals surface area contributed by atoms with Crippen LogP contribution in [0.4, 0.5) is 0 Å². The van der Waals surface area contributed by atoms with E-state index >= 15 is 0 Å². The normalized spacial score (nSPS) is 11.0. The molecule has 5 nitrogen and oxygen atoms in total. The van der Waals surface area contributed by atoms with Gasteiger partial charge in [0, 0.05) is 0 Å². The average Bonchev–Trinajstić information content (AvgIpc) is 2.50. The molecule has 0 saturated heterocycles. The summed E-state index contributed by atoms with van der Waals surface area (Å²) in [5, 5.41) is 0. The standard InChI is InChI=1S/C17H21N2O3Se/c1-5-14-15(13-8-11(3)7-12(4)9-13)18(10-22-6-2)17(21)19(23)16(14)20/h7-9H,5-6,10H2,1-4H3. The third kappa shape index (κ3) is 3.50. The molecule has 0 saturated carbocycles. The van der Waals surface area contributed by atoms with Crippen LogP contribution in [0.1, 0.15) is 30.5 Å². The maximum atomic E-state index is 12.5. The van der Waals surface area contributed by atoms with E-state index in [1.807, 2.05) is 39.8 Å². The first-order valence-corrected chi connectivity index (χ1v) is 8.39. The Hall–Kier alpha value is -1.62. The van der Waals surface area contributed by atoms with Gasteiger partial charge in [-0.3, -0.25) is 0 Å². The molecular formula is C17H21N2O3Se. The van der Waals surface area contributed by atoms with Gasteiger partial charge < -0.3 is 0 Å². The van der Waals surface area contributed by atoms with Crippen LogP contribution in [0.25, 0.3) is 11.3 Å². The van der Waals surface area contributed by atoms with Crippen molar-refractivity contribution in [3.8, 4) is 11.3 Å². The molecule has 6 heteroatoms. The minimum atomic E-state index is -0.408. The van der Waals surface area contributed by atoms with Gasteiger partial charge in [-0.25, -0.2) is 0 Å². The molecule has 0 aliphatic rings. The summed E-state index contributed by atoms with van der Waals surface area (Å²) in [7, 11) is 0. The van der Waals surface area contributed by atoms with Gasteiger partial charge in [0.25, 0.3) is 0 Å². The van der Waals surface area contributed by atoms with Crippen molar-refractivity contribution in [2.45, 2.75) is 40.8 Å². The third-order valence-corrected chi connectivity index (χ3v) is 4.35. The Morgan fingerprint density at radius 1 is 1.09 bits per heavy atom. The molecule has 0 aliphatic heterocycles. The molecule has 23 heavy (non-hydrogen) atoms. The van der Waals surface area contributed by atoms with Gasteiger partial charge in [-0.2, -0.15) is 0 Å². The van der Waals surface area contributed by atoms with Gasteiger partial charge in [0.2, 0.25) is 0 Å². The van der Waals surface area contributed by atoms with E-state index in [4.69, 9.17) is 4.74 Å². The summed E-state index contributed by atoms with van der Waals surface area (Å²) < 4.78 is 8.01. The first-order chi connectivity index (χ1) is 10.9. The van der Waals surface area contributed by atoms with Crippen molar-refractivity contribution >= 4 is 16.2 Å². The fourth-order valence-corrected chi connectivity index (χ4v) is 3.18. The second kappa shape index (κ2) is 7.30. The van der Waals surface area contributed by atoms with E-state index in [0.29, 0.717) is 24.3 Å². The van der Waals surface area contributed by atoms with E-state index in [1.54, 1.807) is 0 Å². The van der Waals surface area contributed by atoms with E-state index < -0.39 is 5.69 Å². The SMILES string of the molecule is CCOCn1c(-c2cc(C)cc(C)c2)c(CC)c(=O)n([Se])c1=O. The zero-order chi connectivity index (χ0) is 17.1. The van der Waals surface area contributed by atoms with Crippen LogP contribution in [0.3, 0.4) is 0 Å². The molecule has 0 fully saturated rings. The molecule has 2 rings (SSSR count). The Morgan fingerprint density at radius 2 is 1.70 bits per heavy atom. The van der Waals surface area contributed by atoms with Crippen molar-refractivity contribution in [1.29, 1.82) is 0 Å². The Kier molecular flexibility index (Phi) is 5.63. The number of rotatable bonds is 5. The quantitative estimate of drug-likeness (QED) is 0.744. The molecule has 0 aliphatic carbocycles.